The number of rotatable bonds is 5. The van der Waals surface area contributed by atoms with Gasteiger partial charge in [-0.15, -0.1) is 0 Å². The van der Waals surface area contributed by atoms with E-state index >= 15 is 0 Å². The number of carbonyl (C=O) groups excluding carboxylic acids is 1. The number of aromatic nitrogens is 2. The average Bonchev–Trinajstić information content (AvgIpc) is 3.06. The minimum absolute atomic E-state index is 0.166. The highest BCUT2D eigenvalue weighted by Crippen LogP contribution is 2.35. The van der Waals surface area contributed by atoms with E-state index in [4.69, 9.17) is 0 Å². The van der Waals surface area contributed by atoms with Gasteiger partial charge in [0.2, 0.25) is 6.39 Å². The molecule has 1 aliphatic heterocycles. The summed E-state index contributed by atoms with van der Waals surface area (Å²) in [4.78, 5) is 28.8. The van der Waals surface area contributed by atoms with Gasteiger partial charge in [0.1, 0.15) is 0 Å². The first kappa shape index (κ1) is 14.3. The van der Waals surface area contributed by atoms with Gasteiger partial charge in [0, 0.05) is 13.1 Å². The molecule has 0 bridgehead atoms. The third-order valence-corrected chi connectivity index (χ3v) is 3.63. The number of aliphatic carboxylic acids is 1. The number of urea groups is 1. The summed E-state index contributed by atoms with van der Waals surface area (Å²) in [6, 6.07) is -0.297. The van der Waals surface area contributed by atoms with Crippen molar-refractivity contribution in [1.82, 2.24) is 20.4 Å². The quantitative estimate of drug-likeness (QED) is 0.829. The zero-order valence-electron chi connectivity index (χ0n) is 11.3. The van der Waals surface area contributed by atoms with Crippen LogP contribution in [0, 0.1) is 5.41 Å². The number of nitrogens with one attached hydrogen (secondary N) is 1. The van der Waals surface area contributed by atoms with Crippen LogP contribution in [0.15, 0.2) is 10.9 Å². The monoisotopic (exact) mass is 282 g/mol. The maximum atomic E-state index is 12.0. The number of nitrogens with zero attached hydrogens (tertiary/aromatic N) is 3. The summed E-state index contributed by atoms with van der Waals surface area (Å²) >= 11 is 0. The van der Waals surface area contributed by atoms with Gasteiger partial charge < -0.3 is 19.8 Å². The minimum atomic E-state index is -0.826. The normalized spacial score (nSPS) is 21.9. The maximum absolute atomic E-state index is 12.0. The molecule has 1 atom stereocenters. The lowest BCUT2D eigenvalue weighted by Crippen LogP contribution is -2.41. The Morgan fingerprint density at radius 3 is 3.00 bits per heavy atom. The molecule has 20 heavy (non-hydrogen) atoms. The molecule has 2 amide bonds. The number of likely N-dealkylation sites (tertiary alicyclic amines) is 1. The van der Waals surface area contributed by atoms with Gasteiger partial charge in [-0.3, -0.25) is 4.79 Å². The van der Waals surface area contributed by atoms with E-state index in [-0.39, 0.29) is 19.1 Å². The number of hydrogen-bond acceptors (Lipinski definition) is 5. The van der Waals surface area contributed by atoms with E-state index in [0.717, 1.165) is 6.42 Å². The smallest absolute Gasteiger partial charge is 0.317 e. The van der Waals surface area contributed by atoms with Crippen molar-refractivity contribution in [2.24, 2.45) is 5.41 Å². The van der Waals surface area contributed by atoms with E-state index in [9.17, 15) is 14.7 Å². The Morgan fingerprint density at radius 2 is 2.40 bits per heavy atom. The molecular weight excluding hydrogens is 264 g/mol. The molecule has 0 radical (unpaired) electrons. The molecule has 1 unspecified atom stereocenters. The molecule has 0 saturated carbocycles. The van der Waals surface area contributed by atoms with Crippen LogP contribution in [-0.2, 0) is 11.3 Å². The Morgan fingerprint density at radius 1 is 1.60 bits per heavy atom. The molecule has 2 heterocycles. The van der Waals surface area contributed by atoms with Crippen LogP contribution in [0.3, 0.4) is 0 Å². The summed E-state index contributed by atoms with van der Waals surface area (Å²) in [6.07, 6.45) is 3.04. The second-order valence-electron chi connectivity index (χ2n) is 5.01. The number of amides is 2. The predicted molar refractivity (Wildman–Crippen MR) is 67.7 cm³/mol. The van der Waals surface area contributed by atoms with Crippen molar-refractivity contribution < 1.29 is 19.2 Å². The summed E-state index contributed by atoms with van der Waals surface area (Å²) in [5.41, 5.74) is -0.807. The van der Waals surface area contributed by atoms with E-state index < -0.39 is 11.4 Å². The van der Waals surface area contributed by atoms with Crippen LogP contribution in [-0.4, -0.2) is 45.2 Å². The molecule has 0 aliphatic carbocycles. The highest BCUT2D eigenvalue weighted by Gasteiger charge is 2.45. The van der Waals surface area contributed by atoms with Crippen molar-refractivity contribution in [3.05, 3.63) is 12.2 Å². The topological polar surface area (TPSA) is 109 Å². The summed E-state index contributed by atoms with van der Waals surface area (Å²) in [5, 5.41) is 15.6. The Balaban J connectivity index is 1.90. The zero-order chi connectivity index (χ0) is 14.6. The second-order valence-corrected chi connectivity index (χ2v) is 5.01. The number of carboxylic acid groups (broad SMARTS) is 1. The summed E-state index contributed by atoms with van der Waals surface area (Å²) < 4.78 is 4.57. The van der Waals surface area contributed by atoms with E-state index in [1.54, 1.807) is 0 Å². The van der Waals surface area contributed by atoms with Crippen molar-refractivity contribution in [3.63, 3.8) is 0 Å². The highest BCUT2D eigenvalue weighted by atomic mass is 16.5. The van der Waals surface area contributed by atoms with Crippen molar-refractivity contribution >= 4 is 12.0 Å². The molecule has 110 valence electrons. The Hall–Kier alpha value is -2.12. The van der Waals surface area contributed by atoms with Gasteiger partial charge in [-0.25, -0.2) is 4.79 Å². The SMILES string of the molecule is CCCC1(C(=O)O)CCN(C(=O)NCc2ncon2)C1. The van der Waals surface area contributed by atoms with Crippen LogP contribution in [0.4, 0.5) is 4.79 Å². The van der Waals surface area contributed by atoms with Crippen LogP contribution < -0.4 is 5.32 Å². The molecule has 1 saturated heterocycles. The third-order valence-electron chi connectivity index (χ3n) is 3.63. The molecule has 1 fully saturated rings. The lowest BCUT2D eigenvalue weighted by atomic mass is 9.83. The molecule has 8 heteroatoms. The Labute approximate surface area is 116 Å². The van der Waals surface area contributed by atoms with E-state index in [1.807, 2.05) is 6.92 Å². The first-order valence-corrected chi connectivity index (χ1v) is 6.59. The van der Waals surface area contributed by atoms with Crippen molar-refractivity contribution in [1.29, 1.82) is 0 Å². The van der Waals surface area contributed by atoms with E-state index in [0.29, 0.717) is 25.2 Å². The van der Waals surface area contributed by atoms with Gasteiger partial charge in [-0.05, 0) is 12.8 Å². The van der Waals surface area contributed by atoms with Crippen LogP contribution in [0.5, 0.6) is 0 Å². The van der Waals surface area contributed by atoms with Gasteiger partial charge in [0.15, 0.2) is 5.82 Å². The first-order valence-electron chi connectivity index (χ1n) is 6.59. The van der Waals surface area contributed by atoms with Crippen LogP contribution in [0.25, 0.3) is 0 Å². The fourth-order valence-corrected chi connectivity index (χ4v) is 2.55. The molecule has 0 spiro atoms. The predicted octanol–water partition coefficient (Wildman–Crippen LogP) is 0.856. The largest absolute Gasteiger partial charge is 0.481 e. The average molecular weight is 282 g/mol. The van der Waals surface area contributed by atoms with Gasteiger partial charge in [0.05, 0.1) is 12.0 Å². The molecular formula is C12H18N4O4. The molecule has 1 aromatic rings. The van der Waals surface area contributed by atoms with Crippen molar-refractivity contribution in [2.75, 3.05) is 13.1 Å². The summed E-state index contributed by atoms with van der Waals surface area (Å²) in [6.45, 7) is 2.81. The van der Waals surface area contributed by atoms with Crippen LogP contribution in [0.1, 0.15) is 32.0 Å². The Bertz CT molecular complexity index is 476. The lowest BCUT2D eigenvalue weighted by Gasteiger charge is -2.24. The zero-order valence-corrected chi connectivity index (χ0v) is 11.3. The van der Waals surface area contributed by atoms with E-state index in [1.165, 1.54) is 11.3 Å². The standard InChI is InChI=1S/C12H18N4O4/c1-2-3-12(10(17)18)4-5-16(7-12)11(19)13-6-9-14-8-20-15-9/h8H,2-7H2,1H3,(H,13,19)(H,17,18). The molecule has 2 N–H and O–H groups in total. The molecule has 0 aromatic carbocycles. The fourth-order valence-electron chi connectivity index (χ4n) is 2.55. The molecule has 1 aliphatic rings. The van der Waals surface area contributed by atoms with Crippen LogP contribution >= 0.6 is 0 Å². The van der Waals surface area contributed by atoms with Gasteiger partial charge in [0.25, 0.3) is 0 Å². The first-order chi connectivity index (χ1) is 9.57. The van der Waals surface area contributed by atoms with Gasteiger partial charge in [-0.2, -0.15) is 4.98 Å². The third kappa shape index (κ3) is 2.89. The molecule has 2 rings (SSSR count). The lowest BCUT2D eigenvalue weighted by molar-refractivity contribution is -0.148. The number of carboxylic acids is 1. The number of carbonyl (C=O) groups is 2. The van der Waals surface area contributed by atoms with Crippen molar-refractivity contribution in [3.8, 4) is 0 Å². The van der Waals surface area contributed by atoms with Gasteiger partial charge in [-0.1, -0.05) is 18.5 Å². The minimum Gasteiger partial charge on any atom is -0.481 e. The van der Waals surface area contributed by atoms with Gasteiger partial charge >= 0.3 is 12.0 Å². The maximum Gasteiger partial charge on any atom is 0.317 e. The number of hydrogen-bond donors (Lipinski definition) is 2. The summed E-state index contributed by atoms with van der Waals surface area (Å²) in [7, 11) is 0. The molecule has 1 aromatic heterocycles. The van der Waals surface area contributed by atoms with Crippen molar-refractivity contribution in [2.45, 2.75) is 32.7 Å². The Kier molecular flexibility index (Phi) is 4.21. The van der Waals surface area contributed by atoms with E-state index in [2.05, 4.69) is 20.0 Å². The highest BCUT2D eigenvalue weighted by molar-refractivity contribution is 5.79. The fraction of sp³-hybridized carbons (Fsp3) is 0.667. The summed E-state index contributed by atoms with van der Waals surface area (Å²) in [5.74, 6) is -0.441. The second kappa shape index (κ2) is 5.89. The van der Waals surface area contributed by atoms with Crippen LogP contribution in [0.2, 0.25) is 0 Å². The molecule has 8 nitrogen and oxygen atoms in total.